The number of carbonyl (C=O) groups excluding carboxylic acids is 1. The lowest BCUT2D eigenvalue weighted by atomic mass is 10.2. The molecule has 0 aliphatic heterocycles. The fourth-order valence-electron chi connectivity index (χ4n) is 1.92. The Morgan fingerprint density at radius 1 is 1.33 bits per heavy atom. The lowest BCUT2D eigenvalue weighted by Crippen LogP contribution is -2.26. The number of nitrogens with one attached hydrogen (secondary N) is 2. The molecule has 0 aliphatic carbocycles. The summed E-state index contributed by atoms with van der Waals surface area (Å²) in [6.45, 7) is 2.78. The van der Waals surface area contributed by atoms with Crippen molar-refractivity contribution >= 4 is 17.7 Å². The molecule has 0 spiro atoms. The molecule has 0 radical (unpaired) electrons. The summed E-state index contributed by atoms with van der Waals surface area (Å²) in [4.78, 5) is 18.9. The van der Waals surface area contributed by atoms with Gasteiger partial charge in [0.2, 0.25) is 5.91 Å². The zero-order valence-corrected chi connectivity index (χ0v) is 13.1. The van der Waals surface area contributed by atoms with Crippen molar-refractivity contribution in [3.8, 4) is 0 Å². The number of benzene rings is 1. The van der Waals surface area contributed by atoms with Crippen LogP contribution in [-0.2, 0) is 17.0 Å². The third kappa shape index (κ3) is 6.04. The van der Waals surface area contributed by atoms with E-state index in [1.807, 2.05) is 6.20 Å². The quantitative estimate of drug-likeness (QED) is 0.737. The van der Waals surface area contributed by atoms with Gasteiger partial charge in [-0.1, -0.05) is 29.8 Å². The molecule has 2 rings (SSSR count). The van der Waals surface area contributed by atoms with Gasteiger partial charge in [0.15, 0.2) is 0 Å². The molecule has 0 bridgehead atoms. The van der Waals surface area contributed by atoms with Crippen molar-refractivity contribution in [2.45, 2.75) is 25.5 Å². The maximum absolute atomic E-state index is 11.7. The van der Waals surface area contributed by atoms with Gasteiger partial charge in [-0.15, -0.1) is 11.8 Å². The van der Waals surface area contributed by atoms with E-state index < -0.39 is 0 Å². The fraction of sp³-hybridized carbons (Fsp3) is 0.375. The van der Waals surface area contributed by atoms with Crippen LogP contribution in [0.15, 0.2) is 36.7 Å². The van der Waals surface area contributed by atoms with E-state index in [2.05, 4.69) is 46.5 Å². The Hall–Kier alpha value is -1.75. The maximum Gasteiger partial charge on any atom is 0.230 e. The van der Waals surface area contributed by atoms with Gasteiger partial charge in [0.05, 0.1) is 5.75 Å². The van der Waals surface area contributed by atoms with Crippen LogP contribution >= 0.6 is 11.8 Å². The number of aryl methyl sites for hydroxylation is 2. The van der Waals surface area contributed by atoms with Crippen LogP contribution in [0.5, 0.6) is 0 Å². The second kappa shape index (κ2) is 8.52. The second-order valence-corrected chi connectivity index (χ2v) is 5.95. The number of rotatable bonds is 8. The molecule has 0 atom stereocenters. The molecule has 0 saturated heterocycles. The van der Waals surface area contributed by atoms with Crippen molar-refractivity contribution in [1.82, 2.24) is 15.3 Å². The SMILES string of the molecule is Cc1ccc(CSCC(=O)NCCCc2ncc[nH]2)cc1. The molecule has 1 heterocycles. The number of thioether (sulfide) groups is 1. The summed E-state index contributed by atoms with van der Waals surface area (Å²) in [6.07, 6.45) is 5.33. The molecule has 21 heavy (non-hydrogen) atoms. The number of hydrogen-bond acceptors (Lipinski definition) is 3. The molecule has 5 heteroatoms. The van der Waals surface area contributed by atoms with Gasteiger partial charge in [-0.2, -0.15) is 0 Å². The van der Waals surface area contributed by atoms with Gasteiger partial charge in [0, 0.05) is 31.1 Å². The minimum absolute atomic E-state index is 0.103. The first-order chi connectivity index (χ1) is 10.2. The minimum Gasteiger partial charge on any atom is -0.355 e. The van der Waals surface area contributed by atoms with E-state index >= 15 is 0 Å². The van der Waals surface area contributed by atoms with Gasteiger partial charge >= 0.3 is 0 Å². The first-order valence-electron chi connectivity index (χ1n) is 7.12. The highest BCUT2D eigenvalue weighted by Gasteiger charge is 2.02. The molecule has 1 aromatic heterocycles. The molecule has 1 amide bonds. The lowest BCUT2D eigenvalue weighted by Gasteiger charge is -2.05. The number of aromatic nitrogens is 2. The van der Waals surface area contributed by atoms with Crippen LogP contribution in [0, 0.1) is 6.92 Å². The van der Waals surface area contributed by atoms with Crippen molar-refractivity contribution in [3.05, 3.63) is 53.6 Å². The fourth-order valence-corrected chi connectivity index (χ4v) is 2.73. The van der Waals surface area contributed by atoms with Gasteiger partial charge in [-0.3, -0.25) is 4.79 Å². The van der Waals surface area contributed by atoms with Gasteiger partial charge in [-0.05, 0) is 18.9 Å². The number of amides is 1. The molecule has 0 saturated carbocycles. The van der Waals surface area contributed by atoms with Gasteiger partial charge in [-0.25, -0.2) is 4.98 Å². The normalized spacial score (nSPS) is 10.5. The Kier molecular flexibility index (Phi) is 6.34. The summed E-state index contributed by atoms with van der Waals surface area (Å²) in [5.74, 6) is 2.46. The van der Waals surface area contributed by atoms with E-state index in [1.54, 1.807) is 18.0 Å². The average molecular weight is 303 g/mol. The number of hydrogen-bond donors (Lipinski definition) is 2. The first kappa shape index (κ1) is 15.6. The molecular weight excluding hydrogens is 282 g/mol. The van der Waals surface area contributed by atoms with Crippen molar-refractivity contribution in [2.24, 2.45) is 0 Å². The Bertz CT molecular complexity index is 537. The molecule has 0 unspecified atom stereocenters. The summed E-state index contributed by atoms with van der Waals surface area (Å²) < 4.78 is 0. The summed E-state index contributed by atoms with van der Waals surface area (Å²) in [5.41, 5.74) is 2.52. The molecule has 2 aromatic rings. The van der Waals surface area contributed by atoms with Crippen molar-refractivity contribution in [2.75, 3.05) is 12.3 Å². The number of aromatic amines is 1. The zero-order chi connectivity index (χ0) is 14.9. The van der Waals surface area contributed by atoms with Crippen LogP contribution in [0.25, 0.3) is 0 Å². The van der Waals surface area contributed by atoms with Crippen LogP contribution in [0.1, 0.15) is 23.4 Å². The van der Waals surface area contributed by atoms with Crippen molar-refractivity contribution in [1.29, 1.82) is 0 Å². The van der Waals surface area contributed by atoms with Crippen LogP contribution in [0.2, 0.25) is 0 Å². The van der Waals surface area contributed by atoms with Crippen LogP contribution < -0.4 is 5.32 Å². The van der Waals surface area contributed by atoms with Crippen LogP contribution in [0.4, 0.5) is 0 Å². The van der Waals surface area contributed by atoms with E-state index in [-0.39, 0.29) is 5.91 Å². The third-order valence-electron chi connectivity index (χ3n) is 3.09. The van der Waals surface area contributed by atoms with Gasteiger partial charge in [0.25, 0.3) is 0 Å². The van der Waals surface area contributed by atoms with Crippen molar-refractivity contribution in [3.63, 3.8) is 0 Å². The summed E-state index contributed by atoms with van der Waals surface area (Å²) in [6, 6.07) is 8.43. The predicted molar refractivity (Wildman–Crippen MR) is 87.3 cm³/mol. The van der Waals surface area contributed by atoms with E-state index in [4.69, 9.17) is 0 Å². The smallest absolute Gasteiger partial charge is 0.230 e. The van der Waals surface area contributed by atoms with Gasteiger partial charge < -0.3 is 10.3 Å². The highest BCUT2D eigenvalue weighted by molar-refractivity contribution is 7.99. The van der Waals surface area contributed by atoms with Crippen LogP contribution in [0.3, 0.4) is 0 Å². The highest BCUT2D eigenvalue weighted by Crippen LogP contribution is 2.12. The minimum atomic E-state index is 0.103. The average Bonchev–Trinajstić information content (AvgIpc) is 2.99. The second-order valence-electron chi connectivity index (χ2n) is 4.97. The molecule has 2 N–H and O–H groups in total. The lowest BCUT2D eigenvalue weighted by molar-refractivity contribution is -0.118. The molecule has 0 aliphatic rings. The van der Waals surface area contributed by atoms with Gasteiger partial charge in [0.1, 0.15) is 5.82 Å². The Morgan fingerprint density at radius 3 is 2.86 bits per heavy atom. The standard InChI is InChI=1S/C16H21N3OS/c1-13-4-6-14(7-5-13)11-21-12-16(20)19-8-2-3-15-17-9-10-18-15/h4-7,9-10H,2-3,8,11-12H2,1H3,(H,17,18)(H,19,20). The van der Waals surface area contributed by atoms with Crippen molar-refractivity contribution < 1.29 is 4.79 Å². The van der Waals surface area contributed by atoms with Crippen LogP contribution in [-0.4, -0.2) is 28.2 Å². The van der Waals surface area contributed by atoms with E-state index in [9.17, 15) is 4.79 Å². The number of nitrogens with zero attached hydrogens (tertiary/aromatic N) is 1. The van der Waals surface area contributed by atoms with E-state index in [0.29, 0.717) is 12.3 Å². The summed E-state index contributed by atoms with van der Waals surface area (Å²) in [5, 5.41) is 2.94. The predicted octanol–water partition coefficient (Wildman–Crippen LogP) is 2.70. The molecule has 112 valence electrons. The molecular formula is C16H21N3OS. The molecule has 4 nitrogen and oxygen atoms in total. The highest BCUT2D eigenvalue weighted by atomic mass is 32.2. The van der Waals surface area contributed by atoms with E-state index in [1.165, 1.54) is 11.1 Å². The first-order valence-corrected chi connectivity index (χ1v) is 8.28. The molecule has 0 fully saturated rings. The molecule has 1 aromatic carbocycles. The van der Waals surface area contributed by atoms with E-state index in [0.717, 1.165) is 24.4 Å². The third-order valence-corrected chi connectivity index (χ3v) is 4.09. The number of H-pyrrole nitrogens is 1. The summed E-state index contributed by atoms with van der Waals surface area (Å²) >= 11 is 1.65. The maximum atomic E-state index is 11.7. The number of carbonyl (C=O) groups is 1. The summed E-state index contributed by atoms with van der Waals surface area (Å²) in [7, 11) is 0. The monoisotopic (exact) mass is 303 g/mol. The zero-order valence-electron chi connectivity index (χ0n) is 12.3. The topological polar surface area (TPSA) is 57.8 Å². The number of imidazole rings is 1. The Labute approximate surface area is 129 Å². The Morgan fingerprint density at radius 2 is 2.14 bits per heavy atom. The largest absolute Gasteiger partial charge is 0.355 e. The Balaban J connectivity index is 1.54.